The number of carbonyl (C=O) groups is 1. The van der Waals surface area contributed by atoms with Crippen molar-refractivity contribution in [2.24, 2.45) is 5.84 Å². The average Bonchev–Trinajstić information content (AvgIpc) is 2.42. The van der Waals surface area contributed by atoms with E-state index in [1.807, 2.05) is 6.07 Å². The molecule has 4 nitrogen and oxygen atoms in total. The van der Waals surface area contributed by atoms with Crippen molar-refractivity contribution in [3.8, 4) is 0 Å². The van der Waals surface area contributed by atoms with Crippen LogP contribution in [0.1, 0.15) is 15.9 Å². The van der Waals surface area contributed by atoms with Crippen LogP contribution in [-0.4, -0.2) is 17.9 Å². The molecule has 68 valence electrons. The third-order valence-corrected chi connectivity index (χ3v) is 2.26. The van der Waals surface area contributed by atoms with Gasteiger partial charge in [-0.15, -0.1) is 0 Å². The van der Waals surface area contributed by atoms with Crippen LogP contribution in [0.2, 0.25) is 0 Å². The summed E-state index contributed by atoms with van der Waals surface area (Å²) in [6, 6.07) is 5.50. The summed E-state index contributed by atoms with van der Waals surface area (Å²) in [5.41, 5.74) is 5.20. The van der Waals surface area contributed by atoms with Crippen molar-refractivity contribution in [1.82, 2.24) is 4.90 Å². The molecule has 0 radical (unpaired) electrons. The van der Waals surface area contributed by atoms with E-state index in [9.17, 15) is 4.79 Å². The van der Waals surface area contributed by atoms with Crippen molar-refractivity contribution in [3.05, 3.63) is 29.3 Å². The Morgan fingerprint density at radius 2 is 2.31 bits per heavy atom. The first-order chi connectivity index (χ1) is 6.22. The first-order valence-corrected chi connectivity index (χ1v) is 4.07. The van der Waals surface area contributed by atoms with Crippen molar-refractivity contribution in [2.45, 2.75) is 6.54 Å². The number of hydrogen-bond donors (Lipinski definition) is 2. The van der Waals surface area contributed by atoms with Gasteiger partial charge in [0.15, 0.2) is 0 Å². The predicted octanol–water partition coefficient (Wildman–Crippen LogP) is 0.558. The van der Waals surface area contributed by atoms with E-state index in [1.54, 1.807) is 24.1 Å². The molecule has 1 aromatic carbocycles. The summed E-state index contributed by atoms with van der Waals surface area (Å²) in [5.74, 6) is 5.35. The maximum atomic E-state index is 11.5. The zero-order chi connectivity index (χ0) is 9.42. The number of nitrogens with zero attached hydrogens (tertiary/aromatic N) is 1. The molecule has 0 aromatic heterocycles. The van der Waals surface area contributed by atoms with Gasteiger partial charge in [-0.2, -0.15) is 0 Å². The lowest BCUT2D eigenvalue weighted by Gasteiger charge is -2.04. The Hall–Kier alpha value is -1.55. The Balaban J connectivity index is 2.46. The van der Waals surface area contributed by atoms with E-state index in [1.165, 1.54) is 0 Å². The number of hydrogen-bond acceptors (Lipinski definition) is 3. The fourth-order valence-electron chi connectivity index (χ4n) is 1.56. The van der Waals surface area contributed by atoms with Crippen molar-refractivity contribution in [1.29, 1.82) is 0 Å². The smallest absolute Gasteiger partial charge is 0.254 e. The molecule has 0 saturated heterocycles. The zero-order valence-electron chi connectivity index (χ0n) is 7.37. The van der Waals surface area contributed by atoms with Gasteiger partial charge in [-0.05, 0) is 23.8 Å². The molecular formula is C9H11N3O. The fraction of sp³-hybridized carbons (Fsp3) is 0.222. The Morgan fingerprint density at radius 3 is 3.00 bits per heavy atom. The Bertz CT molecular complexity index is 362. The van der Waals surface area contributed by atoms with Gasteiger partial charge >= 0.3 is 0 Å². The monoisotopic (exact) mass is 177 g/mol. The second kappa shape index (κ2) is 2.74. The number of carbonyl (C=O) groups excluding carboxylic acids is 1. The fourth-order valence-corrected chi connectivity index (χ4v) is 1.56. The highest BCUT2D eigenvalue weighted by Gasteiger charge is 2.23. The number of hydrazine groups is 1. The van der Waals surface area contributed by atoms with Crippen molar-refractivity contribution < 1.29 is 4.79 Å². The molecular weight excluding hydrogens is 166 g/mol. The lowest BCUT2D eigenvalue weighted by molar-refractivity contribution is 0.0816. The minimum absolute atomic E-state index is 0.0820. The van der Waals surface area contributed by atoms with E-state index in [-0.39, 0.29) is 5.91 Å². The van der Waals surface area contributed by atoms with Crippen LogP contribution in [0.25, 0.3) is 0 Å². The summed E-state index contributed by atoms with van der Waals surface area (Å²) in [4.78, 5) is 13.2. The minimum Gasteiger partial charge on any atom is -0.337 e. The van der Waals surface area contributed by atoms with Crippen LogP contribution in [-0.2, 0) is 6.54 Å². The molecule has 1 aliphatic heterocycles. The van der Waals surface area contributed by atoms with Crippen LogP contribution < -0.4 is 11.3 Å². The molecule has 1 aliphatic rings. The lowest BCUT2D eigenvalue weighted by Crippen LogP contribution is -2.17. The number of nitrogen functional groups attached to an aromatic ring is 1. The maximum Gasteiger partial charge on any atom is 0.254 e. The molecule has 0 atom stereocenters. The minimum atomic E-state index is 0.0820. The topological polar surface area (TPSA) is 58.4 Å². The van der Waals surface area contributed by atoms with Crippen LogP contribution in [0.5, 0.6) is 0 Å². The number of benzene rings is 1. The normalized spacial score (nSPS) is 14.6. The molecule has 13 heavy (non-hydrogen) atoms. The molecule has 0 bridgehead atoms. The van der Waals surface area contributed by atoms with Crippen molar-refractivity contribution in [2.75, 3.05) is 12.5 Å². The summed E-state index contributed by atoms with van der Waals surface area (Å²) in [6.07, 6.45) is 0. The highest BCUT2D eigenvalue weighted by molar-refractivity contribution is 5.98. The molecule has 2 rings (SSSR count). The molecule has 0 spiro atoms. The van der Waals surface area contributed by atoms with Crippen LogP contribution in [0.3, 0.4) is 0 Å². The van der Waals surface area contributed by atoms with Crippen molar-refractivity contribution >= 4 is 11.6 Å². The summed E-state index contributed by atoms with van der Waals surface area (Å²) < 4.78 is 0. The number of nitrogens with two attached hydrogens (primary N) is 1. The van der Waals surface area contributed by atoms with Gasteiger partial charge in [-0.3, -0.25) is 10.6 Å². The van der Waals surface area contributed by atoms with E-state index in [4.69, 9.17) is 5.84 Å². The largest absolute Gasteiger partial charge is 0.337 e. The maximum absolute atomic E-state index is 11.5. The van der Waals surface area contributed by atoms with Crippen LogP contribution in [0.4, 0.5) is 5.69 Å². The van der Waals surface area contributed by atoms with Crippen LogP contribution in [0.15, 0.2) is 18.2 Å². The number of amides is 1. The predicted molar refractivity (Wildman–Crippen MR) is 50.0 cm³/mol. The van der Waals surface area contributed by atoms with E-state index < -0.39 is 0 Å². The Morgan fingerprint density at radius 1 is 1.54 bits per heavy atom. The summed E-state index contributed by atoms with van der Waals surface area (Å²) in [5, 5.41) is 0. The Labute approximate surface area is 76.3 Å². The number of rotatable bonds is 1. The molecule has 1 amide bonds. The van der Waals surface area contributed by atoms with E-state index in [0.29, 0.717) is 6.54 Å². The van der Waals surface area contributed by atoms with E-state index in [2.05, 4.69) is 5.43 Å². The second-order valence-corrected chi connectivity index (χ2v) is 3.18. The molecule has 1 heterocycles. The summed E-state index contributed by atoms with van der Waals surface area (Å²) >= 11 is 0. The standard InChI is InChI=1S/C9H11N3O/c1-12-5-6-4-7(11-10)2-3-8(6)9(12)13/h2-4,11H,5,10H2,1H3. The van der Waals surface area contributed by atoms with Crippen LogP contribution in [0, 0.1) is 0 Å². The average molecular weight is 177 g/mol. The van der Waals surface area contributed by atoms with Gasteiger partial charge in [0.1, 0.15) is 0 Å². The van der Waals surface area contributed by atoms with Gasteiger partial charge in [0.25, 0.3) is 5.91 Å². The highest BCUT2D eigenvalue weighted by atomic mass is 16.2. The van der Waals surface area contributed by atoms with Gasteiger partial charge in [0, 0.05) is 24.8 Å². The summed E-state index contributed by atoms with van der Waals surface area (Å²) in [6.45, 7) is 0.670. The number of nitrogens with one attached hydrogen (secondary N) is 1. The molecule has 4 heteroatoms. The second-order valence-electron chi connectivity index (χ2n) is 3.18. The number of anilines is 1. The SMILES string of the molecule is CN1Cc2cc(NN)ccc2C1=O. The molecule has 1 aromatic rings. The quantitative estimate of drug-likeness (QED) is 0.486. The van der Waals surface area contributed by atoms with Gasteiger partial charge in [0.2, 0.25) is 0 Å². The van der Waals surface area contributed by atoms with Gasteiger partial charge in [0.05, 0.1) is 0 Å². The lowest BCUT2D eigenvalue weighted by atomic mass is 10.1. The number of fused-ring (bicyclic) bond motifs is 1. The van der Waals surface area contributed by atoms with E-state index in [0.717, 1.165) is 16.8 Å². The van der Waals surface area contributed by atoms with Gasteiger partial charge in [-0.25, -0.2) is 0 Å². The first-order valence-electron chi connectivity index (χ1n) is 4.07. The van der Waals surface area contributed by atoms with Crippen LogP contribution >= 0.6 is 0 Å². The third kappa shape index (κ3) is 1.15. The van der Waals surface area contributed by atoms with Gasteiger partial charge < -0.3 is 10.3 Å². The van der Waals surface area contributed by atoms with Crippen molar-refractivity contribution in [3.63, 3.8) is 0 Å². The molecule has 3 N–H and O–H groups in total. The Kier molecular flexibility index (Phi) is 1.70. The molecule has 0 aliphatic carbocycles. The molecule has 0 saturated carbocycles. The highest BCUT2D eigenvalue weighted by Crippen LogP contribution is 2.23. The van der Waals surface area contributed by atoms with Gasteiger partial charge in [-0.1, -0.05) is 0 Å². The third-order valence-electron chi connectivity index (χ3n) is 2.26. The zero-order valence-corrected chi connectivity index (χ0v) is 7.37. The van der Waals surface area contributed by atoms with E-state index >= 15 is 0 Å². The first kappa shape index (κ1) is 8.07. The molecule has 0 unspecified atom stereocenters. The molecule has 0 fully saturated rings. The summed E-state index contributed by atoms with van der Waals surface area (Å²) in [7, 11) is 1.79.